The van der Waals surface area contributed by atoms with Crippen LogP contribution >= 0.6 is 0 Å². The molecule has 0 aliphatic rings. The molecule has 0 aromatic carbocycles. The number of amides is 1. The number of carbonyl (C=O) groups excluding carboxylic acids is 1. The zero-order valence-electron chi connectivity index (χ0n) is 13.8. The molecule has 0 fully saturated rings. The van der Waals surface area contributed by atoms with Crippen molar-refractivity contribution in [3.8, 4) is 0 Å². The molecule has 1 aromatic heterocycles. The van der Waals surface area contributed by atoms with E-state index in [1.165, 1.54) is 11.3 Å². The molecule has 4 heteroatoms. The molecule has 1 heterocycles. The van der Waals surface area contributed by atoms with Gasteiger partial charge in [0, 0.05) is 25.2 Å². The molecule has 1 amide bonds. The molecule has 0 saturated carbocycles. The number of aryl methyl sites for hydroxylation is 2. The number of aromatic nitrogens is 2. The fourth-order valence-electron chi connectivity index (χ4n) is 2.64. The van der Waals surface area contributed by atoms with Gasteiger partial charge < -0.3 is 5.32 Å². The van der Waals surface area contributed by atoms with E-state index in [4.69, 9.17) is 0 Å². The SMILES string of the molecule is CCC(CC)CC(=O)NC(C)Cc1c(C)nn(C)c1C. The van der Waals surface area contributed by atoms with Crippen LogP contribution in [0.25, 0.3) is 0 Å². The number of hydrogen-bond acceptors (Lipinski definition) is 2. The lowest BCUT2D eigenvalue weighted by Crippen LogP contribution is -2.35. The lowest BCUT2D eigenvalue weighted by Gasteiger charge is -2.17. The van der Waals surface area contributed by atoms with Gasteiger partial charge in [-0.3, -0.25) is 9.48 Å². The Labute approximate surface area is 122 Å². The van der Waals surface area contributed by atoms with Crippen LogP contribution in [0.15, 0.2) is 0 Å². The van der Waals surface area contributed by atoms with Crippen LogP contribution in [0.3, 0.4) is 0 Å². The van der Waals surface area contributed by atoms with Gasteiger partial charge in [-0.25, -0.2) is 0 Å². The van der Waals surface area contributed by atoms with E-state index in [-0.39, 0.29) is 11.9 Å². The molecule has 1 rings (SSSR count). The van der Waals surface area contributed by atoms with Crippen molar-refractivity contribution >= 4 is 5.91 Å². The number of carbonyl (C=O) groups is 1. The van der Waals surface area contributed by atoms with Crippen molar-refractivity contribution in [2.45, 2.75) is 66.3 Å². The largest absolute Gasteiger partial charge is 0.353 e. The topological polar surface area (TPSA) is 46.9 Å². The predicted molar refractivity (Wildman–Crippen MR) is 82.7 cm³/mol. The maximum Gasteiger partial charge on any atom is 0.220 e. The third-order valence-electron chi connectivity index (χ3n) is 4.21. The molecular formula is C16H29N3O. The van der Waals surface area contributed by atoms with Gasteiger partial charge in [0.2, 0.25) is 5.91 Å². The Hall–Kier alpha value is -1.32. The summed E-state index contributed by atoms with van der Waals surface area (Å²) >= 11 is 0. The standard InChI is InChI=1S/C16H29N3O/c1-7-14(8-2)10-16(20)17-11(3)9-15-12(4)18-19(6)13(15)5/h11,14H,7-10H2,1-6H3,(H,17,20). The molecule has 0 bridgehead atoms. The number of nitrogens with zero attached hydrogens (tertiary/aromatic N) is 2. The summed E-state index contributed by atoms with van der Waals surface area (Å²) in [4.78, 5) is 12.0. The van der Waals surface area contributed by atoms with Gasteiger partial charge in [-0.15, -0.1) is 0 Å². The number of hydrogen-bond donors (Lipinski definition) is 1. The van der Waals surface area contributed by atoms with Crippen molar-refractivity contribution < 1.29 is 4.79 Å². The van der Waals surface area contributed by atoms with Crippen LogP contribution in [-0.2, 0) is 18.3 Å². The van der Waals surface area contributed by atoms with E-state index in [0.29, 0.717) is 12.3 Å². The summed E-state index contributed by atoms with van der Waals surface area (Å²) in [5.41, 5.74) is 3.50. The van der Waals surface area contributed by atoms with E-state index in [1.54, 1.807) is 0 Å². The molecule has 0 radical (unpaired) electrons. The third kappa shape index (κ3) is 4.36. The maximum atomic E-state index is 12.0. The molecule has 1 aromatic rings. The molecule has 1 N–H and O–H groups in total. The van der Waals surface area contributed by atoms with Crippen LogP contribution in [0.5, 0.6) is 0 Å². The van der Waals surface area contributed by atoms with Gasteiger partial charge in [-0.1, -0.05) is 26.7 Å². The van der Waals surface area contributed by atoms with E-state index in [1.807, 2.05) is 18.7 Å². The Morgan fingerprint density at radius 3 is 2.35 bits per heavy atom. The molecule has 0 spiro atoms. The first kappa shape index (κ1) is 16.7. The van der Waals surface area contributed by atoms with Gasteiger partial charge in [0.15, 0.2) is 0 Å². The van der Waals surface area contributed by atoms with E-state index in [2.05, 4.69) is 38.1 Å². The molecule has 0 aliphatic carbocycles. The van der Waals surface area contributed by atoms with Crippen molar-refractivity contribution in [3.05, 3.63) is 17.0 Å². The zero-order valence-corrected chi connectivity index (χ0v) is 13.8. The van der Waals surface area contributed by atoms with Gasteiger partial charge in [0.05, 0.1) is 5.69 Å². The van der Waals surface area contributed by atoms with E-state index in [9.17, 15) is 4.79 Å². The van der Waals surface area contributed by atoms with Gasteiger partial charge in [-0.05, 0) is 38.7 Å². The van der Waals surface area contributed by atoms with E-state index >= 15 is 0 Å². The van der Waals surface area contributed by atoms with E-state index in [0.717, 1.165) is 25.0 Å². The molecule has 20 heavy (non-hydrogen) atoms. The molecule has 1 atom stereocenters. The third-order valence-corrected chi connectivity index (χ3v) is 4.21. The fourth-order valence-corrected chi connectivity index (χ4v) is 2.64. The Bertz CT molecular complexity index is 447. The lowest BCUT2D eigenvalue weighted by atomic mass is 9.98. The summed E-state index contributed by atoms with van der Waals surface area (Å²) in [6, 6.07) is 0.151. The van der Waals surface area contributed by atoms with Crippen molar-refractivity contribution in [1.82, 2.24) is 15.1 Å². The van der Waals surface area contributed by atoms with Gasteiger partial charge in [0.1, 0.15) is 0 Å². The summed E-state index contributed by atoms with van der Waals surface area (Å²) < 4.78 is 1.91. The van der Waals surface area contributed by atoms with Gasteiger partial charge in [-0.2, -0.15) is 5.10 Å². The van der Waals surface area contributed by atoms with Crippen LogP contribution in [0.4, 0.5) is 0 Å². The Kier molecular flexibility index (Phi) is 6.24. The average Bonchev–Trinajstić information content (AvgIpc) is 2.62. The Morgan fingerprint density at radius 2 is 1.90 bits per heavy atom. The van der Waals surface area contributed by atoms with Crippen molar-refractivity contribution in [1.29, 1.82) is 0 Å². The van der Waals surface area contributed by atoms with Gasteiger partial charge >= 0.3 is 0 Å². The Balaban J connectivity index is 2.55. The quantitative estimate of drug-likeness (QED) is 0.834. The van der Waals surface area contributed by atoms with Crippen molar-refractivity contribution in [2.75, 3.05) is 0 Å². The first-order chi connectivity index (χ1) is 9.38. The van der Waals surface area contributed by atoms with Crippen LogP contribution in [0, 0.1) is 19.8 Å². The van der Waals surface area contributed by atoms with Crippen LogP contribution in [0.1, 0.15) is 57.0 Å². The van der Waals surface area contributed by atoms with E-state index < -0.39 is 0 Å². The highest BCUT2D eigenvalue weighted by Gasteiger charge is 2.16. The van der Waals surface area contributed by atoms with Crippen molar-refractivity contribution in [3.63, 3.8) is 0 Å². The molecule has 114 valence electrons. The first-order valence-electron chi connectivity index (χ1n) is 7.67. The number of nitrogens with one attached hydrogen (secondary N) is 1. The minimum atomic E-state index is 0.151. The minimum absolute atomic E-state index is 0.151. The monoisotopic (exact) mass is 279 g/mol. The minimum Gasteiger partial charge on any atom is -0.353 e. The van der Waals surface area contributed by atoms with Gasteiger partial charge in [0.25, 0.3) is 0 Å². The summed E-state index contributed by atoms with van der Waals surface area (Å²) in [5, 5.41) is 7.54. The van der Waals surface area contributed by atoms with Crippen LogP contribution in [-0.4, -0.2) is 21.7 Å². The Morgan fingerprint density at radius 1 is 1.30 bits per heavy atom. The second kappa shape index (κ2) is 7.46. The maximum absolute atomic E-state index is 12.0. The highest BCUT2D eigenvalue weighted by molar-refractivity contribution is 5.76. The smallest absolute Gasteiger partial charge is 0.220 e. The highest BCUT2D eigenvalue weighted by atomic mass is 16.1. The fraction of sp³-hybridized carbons (Fsp3) is 0.750. The normalized spacial score (nSPS) is 12.8. The average molecular weight is 279 g/mol. The van der Waals surface area contributed by atoms with Crippen LogP contribution < -0.4 is 5.32 Å². The van der Waals surface area contributed by atoms with Crippen LogP contribution in [0.2, 0.25) is 0 Å². The molecule has 0 saturated heterocycles. The summed E-state index contributed by atoms with van der Waals surface area (Å²) in [7, 11) is 1.96. The first-order valence-corrected chi connectivity index (χ1v) is 7.67. The molecule has 1 unspecified atom stereocenters. The summed E-state index contributed by atoms with van der Waals surface area (Å²) in [6.07, 6.45) is 3.63. The second-order valence-electron chi connectivity index (χ2n) is 5.83. The molecule has 4 nitrogen and oxygen atoms in total. The number of rotatable bonds is 7. The molecule has 0 aliphatic heterocycles. The molecular weight excluding hydrogens is 250 g/mol. The second-order valence-corrected chi connectivity index (χ2v) is 5.83. The highest BCUT2D eigenvalue weighted by Crippen LogP contribution is 2.15. The predicted octanol–water partition coefficient (Wildman–Crippen LogP) is 2.91. The van der Waals surface area contributed by atoms with Crippen molar-refractivity contribution in [2.24, 2.45) is 13.0 Å². The summed E-state index contributed by atoms with van der Waals surface area (Å²) in [6.45, 7) is 10.5. The zero-order chi connectivity index (χ0) is 15.3. The lowest BCUT2D eigenvalue weighted by molar-refractivity contribution is -0.122. The summed E-state index contributed by atoms with van der Waals surface area (Å²) in [5.74, 6) is 0.675.